The third-order valence-corrected chi connectivity index (χ3v) is 2.77. The maximum Gasteiger partial charge on any atom is 0.199 e. The molecule has 0 radical (unpaired) electrons. The van der Waals surface area contributed by atoms with Crippen molar-refractivity contribution in [3.63, 3.8) is 0 Å². The fourth-order valence-corrected chi connectivity index (χ4v) is 1.81. The number of ketones is 1. The number of halogens is 1. The Bertz CT molecular complexity index is 540. The molecule has 0 bridgehead atoms. The van der Waals surface area contributed by atoms with E-state index in [0.29, 0.717) is 5.56 Å². The van der Waals surface area contributed by atoms with Crippen LogP contribution in [0.15, 0.2) is 54.6 Å². The van der Waals surface area contributed by atoms with Crippen LogP contribution in [-0.2, 0) is 0 Å². The quantitative estimate of drug-likeness (QED) is 0.861. The lowest BCUT2D eigenvalue weighted by atomic mass is 9.99. The highest BCUT2D eigenvalue weighted by Gasteiger charge is 2.22. The number of Topliss-reactive ketones (excluding diaryl/α,β-unsaturated/α-hetero) is 1. The highest BCUT2D eigenvalue weighted by Crippen LogP contribution is 2.25. The molecule has 0 aliphatic rings. The van der Waals surface area contributed by atoms with E-state index in [0.717, 1.165) is 0 Å². The van der Waals surface area contributed by atoms with Crippen LogP contribution < -0.4 is 4.29 Å². The minimum atomic E-state index is -1.22. The zero-order valence-corrected chi connectivity index (χ0v) is 10.2. The number of benzene rings is 2. The Morgan fingerprint density at radius 2 is 1.67 bits per heavy atom. The van der Waals surface area contributed by atoms with Gasteiger partial charge >= 0.3 is 0 Å². The number of aliphatic hydroxyl groups excluding tert-OH is 1. The summed E-state index contributed by atoms with van der Waals surface area (Å²) in [5.41, 5.74) is 0.788. The van der Waals surface area contributed by atoms with Crippen LogP contribution in [0, 0.1) is 0 Å². The van der Waals surface area contributed by atoms with Gasteiger partial charge in [0.2, 0.25) is 0 Å². The van der Waals surface area contributed by atoms with Crippen LogP contribution in [0.1, 0.15) is 22.0 Å². The van der Waals surface area contributed by atoms with Gasteiger partial charge in [0, 0.05) is 0 Å². The molecule has 4 heteroatoms. The molecule has 1 N–H and O–H groups in total. The van der Waals surface area contributed by atoms with E-state index in [4.69, 9.17) is 11.9 Å². The van der Waals surface area contributed by atoms with E-state index in [1.807, 2.05) is 6.07 Å². The Morgan fingerprint density at radius 1 is 1.06 bits per heavy atom. The van der Waals surface area contributed by atoms with E-state index in [-0.39, 0.29) is 11.3 Å². The zero-order valence-electron chi connectivity index (χ0n) is 9.42. The second-order valence-corrected chi connectivity index (χ2v) is 3.91. The number of aliphatic hydroxyl groups is 1. The van der Waals surface area contributed by atoms with Gasteiger partial charge in [-0.25, -0.2) is 0 Å². The van der Waals surface area contributed by atoms with Gasteiger partial charge in [0.25, 0.3) is 0 Å². The van der Waals surface area contributed by atoms with Crippen molar-refractivity contribution >= 4 is 17.6 Å². The molecule has 0 fully saturated rings. The van der Waals surface area contributed by atoms with Crippen molar-refractivity contribution in [2.75, 3.05) is 0 Å². The largest absolute Gasteiger partial charge is 0.385 e. The van der Waals surface area contributed by atoms with Gasteiger partial charge in [0.1, 0.15) is 18.0 Å². The lowest BCUT2D eigenvalue weighted by Gasteiger charge is -2.11. The summed E-state index contributed by atoms with van der Waals surface area (Å²) in [6.07, 6.45) is -1.22. The Hall–Kier alpha value is -1.84. The van der Waals surface area contributed by atoms with E-state index in [1.165, 1.54) is 0 Å². The van der Waals surface area contributed by atoms with Crippen molar-refractivity contribution in [1.82, 2.24) is 0 Å². The van der Waals surface area contributed by atoms with Crippen LogP contribution in [0.5, 0.6) is 5.75 Å². The molecule has 92 valence electrons. The summed E-state index contributed by atoms with van der Waals surface area (Å²) in [4.78, 5) is 12.1. The van der Waals surface area contributed by atoms with Crippen LogP contribution in [0.3, 0.4) is 0 Å². The molecule has 1 atom stereocenters. The average molecular weight is 263 g/mol. The summed E-state index contributed by atoms with van der Waals surface area (Å²) >= 11 is 5.29. The topological polar surface area (TPSA) is 46.5 Å². The molecule has 2 rings (SSSR count). The van der Waals surface area contributed by atoms with Gasteiger partial charge in [0.15, 0.2) is 11.5 Å². The zero-order chi connectivity index (χ0) is 13.0. The van der Waals surface area contributed by atoms with Crippen molar-refractivity contribution in [3.05, 3.63) is 65.7 Å². The van der Waals surface area contributed by atoms with Gasteiger partial charge in [-0.3, -0.25) is 4.79 Å². The molecule has 1 unspecified atom stereocenters. The van der Waals surface area contributed by atoms with Gasteiger partial charge in [-0.05, 0) is 17.7 Å². The SMILES string of the molecule is O=C(c1ccccc1OCl)C(O)c1ccccc1. The first-order chi connectivity index (χ1) is 8.74. The minimum Gasteiger partial charge on any atom is -0.385 e. The minimum absolute atomic E-state index is 0.235. The molecule has 0 aliphatic carbocycles. The van der Waals surface area contributed by atoms with E-state index in [2.05, 4.69) is 4.29 Å². The molecule has 0 saturated carbocycles. The van der Waals surface area contributed by atoms with Crippen molar-refractivity contribution in [2.24, 2.45) is 0 Å². The maximum atomic E-state index is 12.1. The van der Waals surface area contributed by atoms with Gasteiger partial charge in [-0.1, -0.05) is 42.5 Å². The average Bonchev–Trinajstić information content (AvgIpc) is 2.46. The van der Waals surface area contributed by atoms with Crippen molar-refractivity contribution in [3.8, 4) is 5.75 Å². The van der Waals surface area contributed by atoms with E-state index in [9.17, 15) is 9.90 Å². The lowest BCUT2D eigenvalue weighted by molar-refractivity contribution is 0.0745. The predicted molar refractivity (Wildman–Crippen MR) is 68.7 cm³/mol. The number of para-hydroxylation sites is 1. The van der Waals surface area contributed by atoms with Gasteiger partial charge < -0.3 is 9.40 Å². The number of hydrogen-bond donors (Lipinski definition) is 1. The number of carbonyl (C=O) groups excluding carboxylic acids is 1. The van der Waals surface area contributed by atoms with E-state index >= 15 is 0 Å². The molecule has 0 saturated heterocycles. The third-order valence-electron chi connectivity index (χ3n) is 2.60. The molecular weight excluding hydrogens is 252 g/mol. The van der Waals surface area contributed by atoms with E-state index in [1.54, 1.807) is 48.5 Å². The molecule has 2 aromatic rings. The highest BCUT2D eigenvalue weighted by molar-refractivity contribution is 6.10. The van der Waals surface area contributed by atoms with Crippen molar-refractivity contribution in [2.45, 2.75) is 6.10 Å². The first kappa shape index (κ1) is 12.6. The first-order valence-electron chi connectivity index (χ1n) is 5.39. The van der Waals surface area contributed by atoms with Gasteiger partial charge in [-0.15, -0.1) is 0 Å². The third kappa shape index (κ3) is 2.53. The fourth-order valence-electron chi connectivity index (χ4n) is 1.67. The molecule has 2 aromatic carbocycles. The molecule has 3 nitrogen and oxygen atoms in total. The summed E-state index contributed by atoms with van der Waals surface area (Å²) < 4.78 is 4.59. The fraction of sp³-hybridized carbons (Fsp3) is 0.0714. The molecule has 18 heavy (non-hydrogen) atoms. The Labute approximate surface area is 110 Å². The molecule has 0 aromatic heterocycles. The van der Waals surface area contributed by atoms with Gasteiger partial charge in [-0.2, -0.15) is 0 Å². The summed E-state index contributed by atoms with van der Waals surface area (Å²) in [7, 11) is 0. The van der Waals surface area contributed by atoms with Crippen molar-refractivity contribution in [1.29, 1.82) is 0 Å². The van der Waals surface area contributed by atoms with Crippen LogP contribution in [-0.4, -0.2) is 10.9 Å². The molecular formula is C14H11ClO3. The second kappa shape index (κ2) is 5.67. The smallest absolute Gasteiger partial charge is 0.199 e. The van der Waals surface area contributed by atoms with Gasteiger partial charge in [0.05, 0.1) is 5.56 Å². The van der Waals surface area contributed by atoms with Crippen LogP contribution in [0.2, 0.25) is 0 Å². The van der Waals surface area contributed by atoms with Crippen molar-refractivity contribution < 1.29 is 14.2 Å². The van der Waals surface area contributed by atoms with Crippen LogP contribution >= 0.6 is 11.9 Å². The molecule has 0 spiro atoms. The molecule has 0 heterocycles. The molecule has 0 aliphatic heterocycles. The second-order valence-electron chi connectivity index (χ2n) is 3.75. The Balaban J connectivity index is 2.32. The van der Waals surface area contributed by atoms with Crippen LogP contribution in [0.4, 0.5) is 0 Å². The summed E-state index contributed by atoms with van der Waals surface area (Å²) in [6.45, 7) is 0. The summed E-state index contributed by atoms with van der Waals surface area (Å²) in [5.74, 6) is -0.211. The standard InChI is InChI=1S/C14H11ClO3/c15-18-12-9-5-4-8-11(12)14(17)13(16)10-6-2-1-3-7-10/h1-9,13,16H. The monoisotopic (exact) mass is 262 g/mol. The van der Waals surface area contributed by atoms with Crippen LogP contribution in [0.25, 0.3) is 0 Å². The maximum absolute atomic E-state index is 12.1. The number of carbonyl (C=O) groups is 1. The number of rotatable bonds is 4. The molecule has 0 amide bonds. The summed E-state index contributed by atoms with van der Waals surface area (Å²) in [5, 5.41) is 10.0. The Morgan fingerprint density at radius 3 is 2.33 bits per heavy atom. The lowest BCUT2D eigenvalue weighted by Crippen LogP contribution is -2.12. The van der Waals surface area contributed by atoms with E-state index < -0.39 is 11.9 Å². The Kier molecular flexibility index (Phi) is 3.97. The summed E-state index contributed by atoms with van der Waals surface area (Å²) in [6, 6.07) is 15.2. The highest BCUT2D eigenvalue weighted by atomic mass is 35.5. The normalized spacial score (nSPS) is 11.9. The first-order valence-corrected chi connectivity index (χ1v) is 5.69. The predicted octanol–water partition coefficient (Wildman–Crippen LogP) is 3.14. The number of hydrogen-bond acceptors (Lipinski definition) is 3.